The third-order valence-electron chi connectivity index (χ3n) is 10.1. The number of rotatable bonds is 25. The molecule has 5 heterocycles. The number of carbonyl (C=O) groups excluding carboxylic acids is 1. The van der Waals surface area contributed by atoms with Gasteiger partial charge in [0.2, 0.25) is 11.9 Å². The number of pyridine rings is 2. The first kappa shape index (κ1) is 46.2. The van der Waals surface area contributed by atoms with Gasteiger partial charge in [0.25, 0.3) is 0 Å². The second kappa shape index (κ2) is 22.6. The van der Waals surface area contributed by atoms with Crippen molar-refractivity contribution < 1.29 is 42.0 Å². The molecule has 18 nitrogen and oxygen atoms in total. The highest BCUT2D eigenvalue weighted by molar-refractivity contribution is 6.35. The van der Waals surface area contributed by atoms with Crippen LogP contribution < -0.4 is 10.2 Å². The summed E-state index contributed by atoms with van der Waals surface area (Å²) in [4.78, 5) is 37.1. The molecule has 1 aromatic carbocycles. The number of hydrogen-bond acceptors (Lipinski definition) is 15. The molecule has 0 bridgehead atoms. The second-order valence-corrected chi connectivity index (χ2v) is 15.1. The molecule has 6 rings (SSSR count). The zero-order valence-electron chi connectivity index (χ0n) is 34.5. The summed E-state index contributed by atoms with van der Waals surface area (Å²) in [6, 6.07) is 6.76. The van der Waals surface area contributed by atoms with Gasteiger partial charge in [0.05, 0.1) is 112 Å². The summed E-state index contributed by atoms with van der Waals surface area (Å²) in [5, 5.41) is 16.2. The van der Waals surface area contributed by atoms with E-state index in [1.165, 1.54) is 36.7 Å². The highest BCUT2D eigenvalue weighted by Gasteiger charge is 2.53. The van der Waals surface area contributed by atoms with Crippen LogP contribution in [0.15, 0.2) is 41.8 Å². The molecule has 21 heteroatoms. The minimum atomic E-state index is -0.628. The summed E-state index contributed by atoms with van der Waals surface area (Å²) in [6.45, 7) is 10.7. The van der Waals surface area contributed by atoms with Crippen LogP contribution in [-0.4, -0.2) is 143 Å². The van der Waals surface area contributed by atoms with Crippen molar-refractivity contribution in [2.75, 3.05) is 122 Å². The van der Waals surface area contributed by atoms with Crippen LogP contribution in [0.4, 0.5) is 20.4 Å². The Morgan fingerprint density at radius 1 is 0.919 bits per heavy atom. The number of amides is 1. The lowest BCUT2D eigenvalue weighted by Crippen LogP contribution is -2.73. The molecule has 0 aliphatic carbocycles. The van der Waals surface area contributed by atoms with Crippen molar-refractivity contribution in [3.8, 4) is 17.3 Å². The van der Waals surface area contributed by atoms with Crippen molar-refractivity contribution in [1.29, 1.82) is 5.26 Å². The number of fused-ring (bicyclic) bond motifs is 1. The van der Waals surface area contributed by atoms with Gasteiger partial charge in [0.1, 0.15) is 23.6 Å². The standard InChI is InChI=1S/C41H48ClF2N11O7/c1-27(31-17-29(19-45)3-4-32(31)43)51-39-36(42)28(2)50-34-18-33(44)37(52-38(34)39)30-20-47-40(48-21-30)55-25-41(26-55)23-54(24-41)35(56)22-62-16-15-61-14-13-60-12-11-59-10-9-58-8-7-57-6-5-49-53-46/h3-4,17-18,20-21,27H,5-16,22-26H2,1-2H3,(H,50,51)/t27-/m1/s1. The average molecular weight is 880 g/mol. The Hall–Kier alpha value is -5.36. The van der Waals surface area contributed by atoms with Crippen LogP contribution in [0.3, 0.4) is 0 Å². The summed E-state index contributed by atoms with van der Waals surface area (Å²) in [7, 11) is 0. The maximum Gasteiger partial charge on any atom is 0.248 e. The van der Waals surface area contributed by atoms with E-state index in [1.54, 1.807) is 18.7 Å². The van der Waals surface area contributed by atoms with Crippen molar-refractivity contribution in [3.63, 3.8) is 0 Å². The predicted octanol–water partition coefficient (Wildman–Crippen LogP) is 5.43. The molecule has 0 radical (unpaired) electrons. The fourth-order valence-electron chi connectivity index (χ4n) is 6.99. The lowest BCUT2D eigenvalue weighted by molar-refractivity contribution is -0.150. The van der Waals surface area contributed by atoms with Crippen molar-refractivity contribution in [3.05, 3.63) is 80.6 Å². The van der Waals surface area contributed by atoms with Crippen molar-refractivity contribution in [2.24, 2.45) is 10.5 Å². The van der Waals surface area contributed by atoms with Crippen LogP contribution in [0.25, 0.3) is 32.7 Å². The summed E-state index contributed by atoms with van der Waals surface area (Å²) in [6.07, 6.45) is 3.01. The van der Waals surface area contributed by atoms with Crippen molar-refractivity contribution >= 4 is 40.2 Å². The largest absolute Gasteiger partial charge is 0.379 e. The Balaban J connectivity index is 0.863. The summed E-state index contributed by atoms with van der Waals surface area (Å²) < 4.78 is 62.9. The van der Waals surface area contributed by atoms with Gasteiger partial charge in [-0.15, -0.1) is 0 Å². The van der Waals surface area contributed by atoms with Gasteiger partial charge in [-0.25, -0.2) is 28.7 Å². The van der Waals surface area contributed by atoms with Gasteiger partial charge in [-0.05, 0) is 37.6 Å². The Bertz CT molecular complexity index is 2230. The normalized spacial score (nSPS) is 14.6. The second-order valence-electron chi connectivity index (χ2n) is 14.7. The minimum absolute atomic E-state index is 0.00697. The van der Waals surface area contributed by atoms with E-state index in [-0.39, 0.29) is 51.8 Å². The van der Waals surface area contributed by atoms with E-state index in [4.69, 9.17) is 45.6 Å². The Labute approximate surface area is 362 Å². The fraction of sp³-hybridized carbons (Fsp3) is 0.512. The number of ether oxygens (including phenoxy) is 6. The first-order chi connectivity index (χ1) is 30.1. The molecule has 330 valence electrons. The highest BCUT2D eigenvalue weighted by atomic mass is 35.5. The Morgan fingerprint density at radius 2 is 1.52 bits per heavy atom. The van der Waals surface area contributed by atoms with Gasteiger partial charge in [-0.3, -0.25) is 4.79 Å². The number of aryl methyl sites for hydroxylation is 1. The maximum atomic E-state index is 15.5. The van der Waals surface area contributed by atoms with Gasteiger partial charge < -0.3 is 43.5 Å². The molecule has 2 aliphatic rings. The molecule has 0 saturated carbocycles. The van der Waals surface area contributed by atoms with E-state index in [9.17, 15) is 14.4 Å². The SMILES string of the molecule is Cc1nc2cc(F)c(-c3cnc(N4CC5(CN(C(=O)COCCOCCOCCOCCOCCOCCN=[N+]=[N-])C5)C4)nc3)nc2c(N[C@H](C)c2cc(C#N)ccc2F)c1Cl. The zero-order valence-corrected chi connectivity index (χ0v) is 35.3. The van der Waals surface area contributed by atoms with Gasteiger partial charge in [0.15, 0.2) is 5.82 Å². The van der Waals surface area contributed by atoms with Gasteiger partial charge >= 0.3 is 0 Å². The number of likely N-dealkylation sites (tertiary alicyclic amines) is 1. The van der Waals surface area contributed by atoms with Crippen LogP contribution in [0.5, 0.6) is 0 Å². The van der Waals surface area contributed by atoms with E-state index >= 15 is 4.39 Å². The molecule has 1 N–H and O–H groups in total. The van der Waals surface area contributed by atoms with Crippen LogP contribution in [0.1, 0.15) is 29.8 Å². The quantitative estimate of drug-likeness (QED) is 0.0381. The number of aromatic nitrogens is 4. The van der Waals surface area contributed by atoms with E-state index in [0.717, 1.165) is 0 Å². The monoisotopic (exact) mass is 879 g/mol. The van der Waals surface area contributed by atoms with Crippen molar-refractivity contribution in [1.82, 2.24) is 24.8 Å². The lowest BCUT2D eigenvalue weighted by atomic mass is 9.73. The number of nitrogens with one attached hydrogen (secondary N) is 1. The molecule has 2 saturated heterocycles. The maximum absolute atomic E-state index is 15.5. The molecule has 2 fully saturated rings. The molecule has 3 aromatic heterocycles. The topological polar surface area (TPSA) is 215 Å². The molecule has 0 unspecified atom stereocenters. The van der Waals surface area contributed by atoms with Gasteiger partial charge in [-0.1, -0.05) is 16.7 Å². The Morgan fingerprint density at radius 3 is 2.11 bits per heavy atom. The van der Waals surface area contributed by atoms with Gasteiger partial charge in [-0.2, -0.15) is 5.26 Å². The molecule has 2 aliphatic heterocycles. The van der Waals surface area contributed by atoms with Crippen LogP contribution in [0.2, 0.25) is 5.02 Å². The minimum Gasteiger partial charge on any atom is -0.379 e. The van der Waals surface area contributed by atoms with E-state index in [2.05, 4.69) is 35.3 Å². The first-order valence-corrected chi connectivity index (χ1v) is 20.4. The number of hydrogen-bond donors (Lipinski definition) is 1. The molecule has 4 aromatic rings. The number of anilines is 2. The van der Waals surface area contributed by atoms with Crippen molar-refractivity contribution in [2.45, 2.75) is 19.9 Å². The summed E-state index contributed by atoms with van der Waals surface area (Å²) in [5.41, 5.74) is 10.3. The number of halogens is 3. The number of nitriles is 1. The van der Waals surface area contributed by atoms with E-state index in [1.807, 2.05) is 11.0 Å². The summed E-state index contributed by atoms with van der Waals surface area (Å²) in [5.74, 6) is -0.724. The summed E-state index contributed by atoms with van der Waals surface area (Å²) >= 11 is 6.68. The molecular weight excluding hydrogens is 832 g/mol. The number of benzene rings is 1. The Kier molecular flexibility index (Phi) is 16.9. The third-order valence-corrected chi connectivity index (χ3v) is 10.6. The van der Waals surface area contributed by atoms with Crippen LogP contribution in [-0.2, 0) is 33.2 Å². The lowest BCUT2D eigenvalue weighted by Gasteiger charge is -2.60. The first-order valence-electron chi connectivity index (χ1n) is 20.1. The number of azide groups is 1. The highest BCUT2D eigenvalue weighted by Crippen LogP contribution is 2.41. The van der Waals surface area contributed by atoms with Crippen LogP contribution >= 0.6 is 11.6 Å². The van der Waals surface area contributed by atoms with E-state index < -0.39 is 17.7 Å². The number of nitrogens with zero attached hydrogens (tertiary/aromatic N) is 10. The molecular formula is C41H48ClF2N11O7. The van der Waals surface area contributed by atoms with Gasteiger partial charge in [0, 0.05) is 72.6 Å². The van der Waals surface area contributed by atoms with Crippen LogP contribution in [0, 0.1) is 35.3 Å². The zero-order chi connectivity index (χ0) is 43.9. The molecule has 1 spiro atoms. The predicted molar refractivity (Wildman–Crippen MR) is 224 cm³/mol. The third kappa shape index (κ3) is 12.2. The smallest absolute Gasteiger partial charge is 0.248 e. The number of carbonyl (C=O) groups is 1. The fourth-order valence-corrected chi connectivity index (χ4v) is 7.17. The molecule has 1 amide bonds. The van der Waals surface area contributed by atoms with E-state index in [0.29, 0.717) is 127 Å². The molecule has 1 atom stereocenters. The average Bonchev–Trinajstić information content (AvgIpc) is 3.24. The molecule has 62 heavy (non-hydrogen) atoms.